The van der Waals surface area contributed by atoms with Crippen LogP contribution in [0.15, 0.2) is 168 Å². The Kier molecular flexibility index (Phi) is 11.2. The number of hydrogen-bond acceptors (Lipinski definition) is 7. The number of thiazole rings is 1. The molecule has 0 saturated carbocycles. The zero-order chi connectivity index (χ0) is 37.3. The molecule has 6 aromatic carbocycles. The van der Waals surface area contributed by atoms with Crippen molar-refractivity contribution in [2.45, 2.75) is 10.1 Å². The third kappa shape index (κ3) is 8.75. The van der Waals surface area contributed by atoms with Crippen LogP contribution in [0, 0.1) is 0 Å². The number of aromatic nitrogens is 1. The number of benzene rings is 6. The molecule has 3 amide bonds. The molecule has 1 aromatic heterocycles. The Bertz CT molecular complexity index is 2470. The van der Waals surface area contributed by atoms with Crippen LogP contribution in [0.5, 0.6) is 5.75 Å². The minimum absolute atomic E-state index is 0.0273. The largest absolute Gasteiger partial charge is 0.496 e. The highest BCUT2D eigenvalue weighted by molar-refractivity contribution is 8.00. The first kappa shape index (κ1) is 35.9. The van der Waals surface area contributed by atoms with Crippen LogP contribution >= 0.6 is 23.1 Å². The highest BCUT2D eigenvalue weighted by atomic mass is 32.2. The summed E-state index contributed by atoms with van der Waals surface area (Å²) in [5.74, 6) is -0.651. The molecule has 0 radical (unpaired) electrons. The lowest BCUT2D eigenvalue weighted by Crippen LogP contribution is -2.30. The molecule has 0 aliphatic carbocycles. The molecule has 266 valence electrons. The number of nitrogens with zero attached hydrogens (tertiary/aromatic N) is 1. The number of carbonyl (C=O) groups is 3. The zero-order valence-corrected chi connectivity index (χ0v) is 30.7. The van der Waals surface area contributed by atoms with Crippen molar-refractivity contribution in [3.63, 3.8) is 0 Å². The summed E-state index contributed by atoms with van der Waals surface area (Å²) in [6, 6.07) is 47.0. The van der Waals surface area contributed by atoms with Crippen LogP contribution in [0.2, 0.25) is 0 Å². The summed E-state index contributed by atoms with van der Waals surface area (Å²) in [6.07, 6.45) is 1.58. The molecule has 1 heterocycles. The van der Waals surface area contributed by atoms with E-state index in [2.05, 4.69) is 40.2 Å². The van der Waals surface area contributed by atoms with Gasteiger partial charge in [0, 0.05) is 32.7 Å². The Hall–Kier alpha value is -6.49. The van der Waals surface area contributed by atoms with Gasteiger partial charge in [-0.3, -0.25) is 14.4 Å². The van der Waals surface area contributed by atoms with E-state index in [9.17, 15) is 14.4 Å². The summed E-state index contributed by atoms with van der Waals surface area (Å²) < 4.78 is 5.49. The van der Waals surface area contributed by atoms with Gasteiger partial charge in [-0.25, -0.2) is 4.98 Å². The lowest BCUT2D eigenvalue weighted by molar-refractivity contribution is -0.116. The number of para-hydroxylation sites is 1. The molecule has 8 nitrogen and oxygen atoms in total. The maximum absolute atomic E-state index is 13.9. The van der Waals surface area contributed by atoms with Gasteiger partial charge in [0.15, 0.2) is 5.13 Å². The molecular formula is C44H34N4O4S2. The fourth-order valence-electron chi connectivity index (χ4n) is 5.75. The molecule has 10 heteroatoms. The summed E-state index contributed by atoms with van der Waals surface area (Å²) in [6.45, 7) is 0. The van der Waals surface area contributed by atoms with Crippen molar-refractivity contribution in [1.29, 1.82) is 0 Å². The van der Waals surface area contributed by atoms with Gasteiger partial charge in [0.25, 0.3) is 11.8 Å². The van der Waals surface area contributed by atoms with Gasteiger partial charge in [-0.05, 0) is 64.9 Å². The van der Waals surface area contributed by atoms with E-state index in [-0.39, 0.29) is 11.6 Å². The highest BCUT2D eigenvalue weighted by Gasteiger charge is 2.24. The van der Waals surface area contributed by atoms with Gasteiger partial charge in [-0.2, -0.15) is 0 Å². The third-order valence-corrected chi connectivity index (χ3v) is 10.4. The monoisotopic (exact) mass is 746 g/mol. The minimum Gasteiger partial charge on any atom is -0.496 e. The van der Waals surface area contributed by atoms with E-state index in [1.54, 1.807) is 67.8 Å². The number of carbonyl (C=O) groups excluding carboxylic acids is 3. The molecule has 3 N–H and O–H groups in total. The predicted octanol–water partition coefficient (Wildman–Crippen LogP) is 9.85. The third-order valence-electron chi connectivity index (χ3n) is 8.43. The van der Waals surface area contributed by atoms with Gasteiger partial charge in [0.05, 0.1) is 12.8 Å². The van der Waals surface area contributed by atoms with Crippen LogP contribution in [0.25, 0.3) is 28.1 Å². The van der Waals surface area contributed by atoms with E-state index in [1.165, 1.54) is 23.1 Å². The average molecular weight is 747 g/mol. The number of ether oxygens (including phenoxy) is 1. The number of rotatable bonds is 12. The second-order valence-corrected chi connectivity index (χ2v) is 14.1. The smallest absolute Gasteiger partial charge is 0.272 e. The summed E-state index contributed by atoms with van der Waals surface area (Å²) in [5, 5.41) is 12.8. The Balaban J connectivity index is 1.10. The van der Waals surface area contributed by atoms with E-state index in [0.29, 0.717) is 27.7 Å². The van der Waals surface area contributed by atoms with Gasteiger partial charge >= 0.3 is 0 Å². The normalized spacial score (nSPS) is 11.8. The molecule has 0 aliphatic rings. The summed E-state index contributed by atoms with van der Waals surface area (Å²) in [4.78, 5) is 46.4. The SMILES string of the molecule is COc1ccccc1/C=C(/NC(=O)c1ccccc1)C(=O)Nc1cccc(SC(C(=O)Nc2nc(-c3ccc4ccccc4c3)cs2)c2ccccc2)c1. The van der Waals surface area contributed by atoms with Gasteiger partial charge in [-0.15, -0.1) is 23.1 Å². The van der Waals surface area contributed by atoms with Gasteiger partial charge in [-0.1, -0.05) is 109 Å². The molecule has 0 aliphatic heterocycles. The van der Waals surface area contributed by atoms with Crippen LogP contribution in [0.1, 0.15) is 26.7 Å². The minimum atomic E-state index is -0.628. The van der Waals surface area contributed by atoms with Crippen LogP contribution in [-0.4, -0.2) is 29.8 Å². The molecule has 54 heavy (non-hydrogen) atoms. The lowest BCUT2D eigenvalue weighted by Gasteiger charge is -2.17. The van der Waals surface area contributed by atoms with E-state index in [4.69, 9.17) is 9.72 Å². The Morgan fingerprint density at radius 1 is 0.741 bits per heavy atom. The molecule has 0 spiro atoms. The fourth-order valence-corrected chi connectivity index (χ4v) is 7.56. The second kappa shape index (κ2) is 16.9. The van der Waals surface area contributed by atoms with Gasteiger partial charge in [0.2, 0.25) is 5.91 Å². The van der Waals surface area contributed by atoms with Gasteiger partial charge in [0.1, 0.15) is 16.7 Å². The molecule has 0 bridgehead atoms. The first-order valence-electron chi connectivity index (χ1n) is 17.0. The Labute approximate surface area is 320 Å². The van der Waals surface area contributed by atoms with Crippen LogP contribution in [-0.2, 0) is 9.59 Å². The highest BCUT2D eigenvalue weighted by Crippen LogP contribution is 2.38. The molecule has 1 unspecified atom stereocenters. The summed E-state index contributed by atoms with van der Waals surface area (Å²) >= 11 is 2.72. The Morgan fingerprint density at radius 2 is 1.46 bits per heavy atom. The molecule has 7 aromatic rings. The van der Waals surface area contributed by atoms with Gasteiger partial charge < -0.3 is 20.7 Å². The summed E-state index contributed by atoms with van der Waals surface area (Å²) in [7, 11) is 1.54. The standard InChI is InChI=1S/C44H34N4O4S2/c1-52-39-22-11-10-19-34(39)26-37(46-41(49)31-16-6-3-7-17-31)42(50)45-35-20-12-21-36(27-35)54-40(30-14-4-2-5-15-30)43(51)48-44-47-38(28-53-44)33-24-23-29-13-8-9-18-32(29)25-33/h2-28,40H,1H3,(H,45,50)(H,46,49)(H,47,48,51)/b37-26+. The number of fused-ring (bicyclic) bond motifs is 1. The maximum atomic E-state index is 13.9. The zero-order valence-electron chi connectivity index (χ0n) is 29.1. The fraction of sp³-hybridized carbons (Fsp3) is 0.0455. The van der Waals surface area contributed by atoms with Crippen LogP contribution in [0.4, 0.5) is 10.8 Å². The van der Waals surface area contributed by atoms with E-state index in [0.717, 1.165) is 32.5 Å². The molecular weight excluding hydrogens is 713 g/mol. The topological polar surface area (TPSA) is 109 Å². The number of anilines is 2. The molecule has 0 saturated heterocycles. The number of hydrogen-bond donors (Lipinski definition) is 3. The van der Waals surface area contributed by atoms with Crippen LogP contribution < -0.4 is 20.7 Å². The average Bonchev–Trinajstić information content (AvgIpc) is 3.68. The van der Waals surface area contributed by atoms with Crippen molar-refractivity contribution in [3.8, 4) is 17.0 Å². The van der Waals surface area contributed by atoms with Crippen molar-refractivity contribution < 1.29 is 19.1 Å². The molecule has 1 atom stereocenters. The second-order valence-electron chi connectivity index (χ2n) is 12.1. The maximum Gasteiger partial charge on any atom is 0.272 e. The number of thioether (sulfide) groups is 1. The van der Waals surface area contributed by atoms with Crippen LogP contribution in [0.3, 0.4) is 0 Å². The van der Waals surface area contributed by atoms with E-state index in [1.807, 2.05) is 78.2 Å². The predicted molar refractivity (Wildman–Crippen MR) is 219 cm³/mol. The van der Waals surface area contributed by atoms with E-state index < -0.39 is 17.1 Å². The van der Waals surface area contributed by atoms with Crippen molar-refractivity contribution in [3.05, 3.63) is 179 Å². The first-order valence-corrected chi connectivity index (χ1v) is 18.8. The van der Waals surface area contributed by atoms with Crippen molar-refractivity contribution in [1.82, 2.24) is 10.3 Å². The number of methoxy groups -OCH3 is 1. The molecule has 7 rings (SSSR count). The number of nitrogens with one attached hydrogen (secondary N) is 3. The quantitative estimate of drug-likeness (QED) is 0.0849. The first-order chi connectivity index (χ1) is 26.4. The van der Waals surface area contributed by atoms with Crippen molar-refractivity contribution in [2.24, 2.45) is 0 Å². The van der Waals surface area contributed by atoms with Crippen molar-refractivity contribution in [2.75, 3.05) is 17.7 Å². The Morgan fingerprint density at radius 3 is 2.26 bits per heavy atom. The van der Waals surface area contributed by atoms with Crippen molar-refractivity contribution >= 4 is 68.5 Å². The van der Waals surface area contributed by atoms with E-state index >= 15 is 0 Å². The number of amides is 3. The molecule has 0 fully saturated rings. The summed E-state index contributed by atoms with van der Waals surface area (Å²) in [5.41, 5.74) is 4.10. The lowest BCUT2D eigenvalue weighted by atomic mass is 10.1.